The van der Waals surface area contributed by atoms with Gasteiger partial charge in [0.25, 0.3) is 0 Å². The first-order valence-electron chi connectivity index (χ1n) is 7.29. The number of aromatic nitrogens is 2. The molecule has 114 valence electrons. The quantitative estimate of drug-likeness (QED) is 0.924. The number of hydrogen-bond acceptors (Lipinski definition) is 3. The van der Waals surface area contributed by atoms with Gasteiger partial charge in [0.15, 0.2) is 0 Å². The van der Waals surface area contributed by atoms with Crippen molar-refractivity contribution in [3.63, 3.8) is 0 Å². The molecule has 0 aliphatic heterocycles. The Kier molecular flexibility index (Phi) is 4.47. The Morgan fingerprint density at radius 2 is 2.00 bits per heavy atom. The minimum atomic E-state index is -0.737. The molecular formula is C15H25ClN2O2. The zero-order valence-corrected chi connectivity index (χ0v) is 13.6. The fourth-order valence-electron chi connectivity index (χ4n) is 3.08. The van der Waals surface area contributed by atoms with E-state index in [2.05, 4.69) is 18.9 Å². The van der Waals surface area contributed by atoms with Crippen LogP contribution in [0.1, 0.15) is 58.3 Å². The predicted octanol–water partition coefficient (Wildman–Crippen LogP) is 3.58. The van der Waals surface area contributed by atoms with Gasteiger partial charge in [-0.3, -0.25) is 4.68 Å². The summed E-state index contributed by atoms with van der Waals surface area (Å²) in [5.74, 6) is 0. The molecule has 1 heterocycles. The van der Waals surface area contributed by atoms with Crippen molar-refractivity contribution in [2.45, 2.75) is 64.7 Å². The number of aliphatic hydroxyl groups is 1. The van der Waals surface area contributed by atoms with E-state index in [-0.39, 0.29) is 0 Å². The fraction of sp³-hybridized carbons (Fsp3) is 0.800. The summed E-state index contributed by atoms with van der Waals surface area (Å²) in [6, 6.07) is 0. The number of nitrogens with zero attached hydrogens (tertiary/aromatic N) is 2. The maximum absolute atomic E-state index is 10.9. The van der Waals surface area contributed by atoms with Crippen LogP contribution in [0.2, 0.25) is 5.02 Å². The molecule has 1 N–H and O–H groups in total. The van der Waals surface area contributed by atoms with Gasteiger partial charge in [0.05, 0.1) is 22.5 Å². The van der Waals surface area contributed by atoms with Crippen molar-refractivity contribution in [1.29, 1.82) is 0 Å². The van der Waals surface area contributed by atoms with Gasteiger partial charge >= 0.3 is 0 Å². The third kappa shape index (κ3) is 2.74. The first-order valence-corrected chi connectivity index (χ1v) is 7.67. The molecule has 4 nitrogen and oxygen atoms in total. The number of rotatable bonds is 4. The minimum absolute atomic E-state index is 0.316. The highest BCUT2D eigenvalue weighted by atomic mass is 35.5. The summed E-state index contributed by atoms with van der Waals surface area (Å²) in [5, 5.41) is 15.6. The van der Waals surface area contributed by atoms with Gasteiger partial charge in [-0.2, -0.15) is 5.10 Å². The summed E-state index contributed by atoms with van der Waals surface area (Å²) in [6.45, 7) is 7.21. The molecule has 1 aliphatic rings. The fourth-order valence-corrected chi connectivity index (χ4v) is 3.33. The van der Waals surface area contributed by atoms with Gasteiger partial charge in [-0.1, -0.05) is 25.4 Å². The molecule has 1 saturated carbocycles. The maximum atomic E-state index is 10.9. The summed E-state index contributed by atoms with van der Waals surface area (Å²) < 4.78 is 7.52. The zero-order chi connectivity index (χ0) is 15.0. The normalized spacial score (nSPS) is 22.7. The van der Waals surface area contributed by atoms with Crippen molar-refractivity contribution in [3.05, 3.63) is 16.9 Å². The van der Waals surface area contributed by atoms with E-state index in [0.29, 0.717) is 22.7 Å². The minimum Gasteiger partial charge on any atom is -0.384 e. The average Bonchev–Trinajstić information content (AvgIpc) is 2.79. The SMILES string of the molecule is CCn1ncc(Cl)c1C(O)C1(OC)CCC(C)(C)CC1. The summed E-state index contributed by atoms with van der Waals surface area (Å²) in [4.78, 5) is 0. The van der Waals surface area contributed by atoms with E-state index in [0.717, 1.165) is 25.7 Å². The average molecular weight is 301 g/mol. The molecule has 0 radical (unpaired) electrons. The van der Waals surface area contributed by atoms with Gasteiger partial charge in [0, 0.05) is 13.7 Å². The van der Waals surface area contributed by atoms with E-state index in [1.807, 2.05) is 6.92 Å². The van der Waals surface area contributed by atoms with Gasteiger partial charge in [-0.25, -0.2) is 0 Å². The molecule has 0 amide bonds. The zero-order valence-electron chi connectivity index (χ0n) is 12.8. The molecule has 1 aromatic rings. The van der Waals surface area contributed by atoms with Crippen LogP contribution in [0.15, 0.2) is 6.20 Å². The third-order valence-corrected chi connectivity index (χ3v) is 5.04. The number of halogens is 1. The van der Waals surface area contributed by atoms with Crippen molar-refractivity contribution >= 4 is 11.6 Å². The molecule has 1 fully saturated rings. The Bertz CT molecular complexity index is 460. The summed E-state index contributed by atoms with van der Waals surface area (Å²) >= 11 is 6.21. The largest absolute Gasteiger partial charge is 0.384 e. The van der Waals surface area contributed by atoms with Gasteiger partial charge in [-0.05, 0) is 38.0 Å². The van der Waals surface area contributed by atoms with E-state index in [1.165, 1.54) is 0 Å². The number of aryl methyl sites for hydroxylation is 1. The van der Waals surface area contributed by atoms with E-state index in [9.17, 15) is 5.11 Å². The van der Waals surface area contributed by atoms with Crippen LogP contribution in [-0.4, -0.2) is 27.6 Å². The lowest BCUT2D eigenvalue weighted by Gasteiger charge is -2.45. The van der Waals surface area contributed by atoms with Crippen LogP contribution >= 0.6 is 11.6 Å². The third-order valence-electron chi connectivity index (χ3n) is 4.75. The topological polar surface area (TPSA) is 47.3 Å². The van der Waals surface area contributed by atoms with Crippen LogP contribution < -0.4 is 0 Å². The highest BCUT2D eigenvalue weighted by Crippen LogP contribution is 2.48. The molecule has 1 atom stereocenters. The molecule has 0 saturated heterocycles. The van der Waals surface area contributed by atoms with Crippen LogP contribution in [-0.2, 0) is 11.3 Å². The number of ether oxygens (including phenoxy) is 1. The highest BCUT2D eigenvalue weighted by Gasteiger charge is 2.46. The van der Waals surface area contributed by atoms with E-state index >= 15 is 0 Å². The van der Waals surface area contributed by atoms with Crippen molar-refractivity contribution in [1.82, 2.24) is 9.78 Å². The second-order valence-electron chi connectivity index (χ2n) is 6.53. The molecule has 0 bridgehead atoms. The smallest absolute Gasteiger partial charge is 0.126 e. The molecule has 1 unspecified atom stereocenters. The lowest BCUT2D eigenvalue weighted by Crippen LogP contribution is -2.44. The number of aliphatic hydroxyl groups excluding tert-OH is 1. The Balaban J connectivity index is 2.30. The summed E-state index contributed by atoms with van der Waals surface area (Å²) in [5.41, 5.74) is 0.443. The first-order chi connectivity index (χ1) is 9.35. The lowest BCUT2D eigenvalue weighted by atomic mass is 9.68. The van der Waals surface area contributed by atoms with Crippen molar-refractivity contribution < 1.29 is 9.84 Å². The summed E-state index contributed by atoms with van der Waals surface area (Å²) in [6.07, 6.45) is 4.61. The van der Waals surface area contributed by atoms with Crippen molar-refractivity contribution in [2.75, 3.05) is 7.11 Å². The molecule has 20 heavy (non-hydrogen) atoms. The van der Waals surface area contributed by atoms with Gasteiger partial charge in [0.1, 0.15) is 6.10 Å². The standard InChI is InChI=1S/C15H25ClN2O2/c1-5-18-12(11(16)10-17-18)13(19)15(20-4)8-6-14(2,3)7-9-15/h10,13,19H,5-9H2,1-4H3. The van der Waals surface area contributed by atoms with Crippen LogP contribution in [0.3, 0.4) is 0 Å². The van der Waals surface area contributed by atoms with E-state index < -0.39 is 11.7 Å². The van der Waals surface area contributed by atoms with Crippen molar-refractivity contribution in [3.8, 4) is 0 Å². The molecule has 2 rings (SSSR count). The van der Waals surface area contributed by atoms with Crippen LogP contribution in [0.4, 0.5) is 0 Å². The second-order valence-corrected chi connectivity index (χ2v) is 6.94. The van der Waals surface area contributed by atoms with E-state index in [1.54, 1.807) is 18.0 Å². The van der Waals surface area contributed by atoms with Gasteiger partial charge < -0.3 is 9.84 Å². The second kappa shape index (κ2) is 5.66. The predicted molar refractivity (Wildman–Crippen MR) is 79.9 cm³/mol. The summed E-state index contributed by atoms with van der Waals surface area (Å²) in [7, 11) is 1.68. The Morgan fingerprint density at radius 3 is 2.50 bits per heavy atom. The first kappa shape index (κ1) is 15.8. The van der Waals surface area contributed by atoms with Crippen LogP contribution in [0.5, 0.6) is 0 Å². The molecule has 0 aromatic carbocycles. The lowest BCUT2D eigenvalue weighted by molar-refractivity contribution is -0.140. The Labute approximate surface area is 126 Å². The van der Waals surface area contributed by atoms with Crippen molar-refractivity contribution in [2.24, 2.45) is 5.41 Å². The maximum Gasteiger partial charge on any atom is 0.126 e. The van der Waals surface area contributed by atoms with Gasteiger partial charge in [0.2, 0.25) is 0 Å². The van der Waals surface area contributed by atoms with Gasteiger partial charge in [-0.15, -0.1) is 0 Å². The molecule has 1 aromatic heterocycles. The van der Waals surface area contributed by atoms with E-state index in [4.69, 9.17) is 16.3 Å². The molecule has 1 aliphatic carbocycles. The number of hydrogen-bond donors (Lipinski definition) is 1. The van der Waals surface area contributed by atoms with Crippen LogP contribution in [0.25, 0.3) is 0 Å². The van der Waals surface area contributed by atoms with Crippen LogP contribution in [0, 0.1) is 5.41 Å². The Morgan fingerprint density at radius 1 is 1.40 bits per heavy atom. The Hall–Kier alpha value is -0.580. The highest BCUT2D eigenvalue weighted by molar-refractivity contribution is 6.31. The number of methoxy groups -OCH3 is 1. The molecule has 5 heteroatoms. The molecular weight excluding hydrogens is 276 g/mol. The molecule has 0 spiro atoms. The monoisotopic (exact) mass is 300 g/mol.